The van der Waals surface area contributed by atoms with Crippen LogP contribution in [0.25, 0.3) is 5.57 Å². The number of hydrogen-bond acceptors (Lipinski definition) is 6. The maximum absolute atomic E-state index is 12.2. The molecule has 0 saturated heterocycles. The van der Waals surface area contributed by atoms with Gasteiger partial charge < -0.3 is 26.0 Å². The van der Waals surface area contributed by atoms with E-state index in [0.717, 1.165) is 0 Å². The third-order valence-electron chi connectivity index (χ3n) is 3.43. The average molecular weight is 364 g/mol. The summed E-state index contributed by atoms with van der Waals surface area (Å²) in [6.07, 6.45) is -0.546. The van der Waals surface area contributed by atoms with Crippen molar-refractivity contribution in [2.24, 2.45) is 5.73 Å². The highest BCUT2D eigenvalue weighted by Gasteiger charge is 2.25. The van der Waals surface area contributed by atoms with Crippen LogP contribution in [0.4, 0.5) is 0 Å². The molecule has 0 bridgehead atoms. The van der Waals surface area contributed by atoms with Crippen LogP contribution < -0.4 is 15.8 Å². The molecule has 0 unspecified atom stereocenters. The second-order valence-electron chi connectivity index (χ2n) is 5.48. The maximum Gasteiger partial charge on any atom is 0.341 e. The number of carboxylic acids is 2. The van der Waals surface area contributed by atoms with E-state index < -0.39 is 48.7 Å². The Hall–Kier alpha value is -3.20. The van der Waals surface area contributed by atoms with E-state index in [4.69, 9.17) is 20.7 Å². The lowest BCUT2D eigenvalue weighted by Crippen LogP contribution is -2.48. The highest BCUT2D eigenvalue weighted by Crippen LogP contribution is 2.19. The van der Waals surface area contributed by atoms with Crippen LogP contribution in [0.1, 0.15) is 18.9 Å². The van der Waals surface area contributed by atoms with Crippen LogP contribution in [0.5, 0.6) is 5.75 Å². The molecular formula is C17H20N2O7. The molecule has 0 fully saturated rings. The summed E-state index contributed by atoms with van der Waals surface area (Å²) >= 11 is 0. The van der Waals surface area contributed by atoms with E-state index in [9.17, 15) is 19.2 Å². The fraction of sp³-hybridized carbons (Fsp3) is 0.294. The molecule has 0 aromatic heterocycles. The Bertz CT molecular complexity index is 712. The van der Waals surface area contributed by atoms with E-state index in [2.05, 4.69) is 11.9 Å². The van der Waals surface area contributed by atoms with Gasteiger partial charge in [0.1, 0.15) is 11.8 Å². The Labute approximate surface area is 149 Å². The first-order valence-corrected chi connectivity index (χ1v) is 7.53. The number of nitrogens with two attached hydrogens (primary N) is 1. The number of hydrogen-bond donors (Lipinski definition) is 4. The summed E-state index contributed by atoms with van der Waals surface area (Å²) in [4.78, 5) is 44.8. The van der Waals surface area contributed by atoms with Crippen molar-refractivity contribution >= 4 is 29.2 Å². The molecule has 0 aliphatic carbocycles. The molecule has 0 spiro atoms. The summed E-state index contributed by atoms with van der Waals surface area (Å²) in [6, 6.07) is 3.72. The molecule has 1 aromatic rings. The molecule has 0 heterocycles. The fourth-order valence-corrected chi connectivity index (χ4v) is 1.98. The van der Waals surface area contributed by atoms with Crippen LogP contribution in [0, 0.1) is 0 Å². The normalized spacial score (nSPS) is 12.5. The summed E-state index contributed by atoms with van der Waals surface area (Å²) in [6.45, 7) is 4.42. The van der Waals surface area contributed by atoms with Gasteiger partial charge in [-0.1, -0.05) is 18.7 Å². The minimum atomic E-state index is -1.23. The van der Waals surface area contributed by atoms with Crippen LogP contribution >= 0.6 is 0 Å². The summed E-state index contributed by atoms with van der Waals surface area (Å²) in [7, 11) is 0. The fourth-order valence-electron chi connectivity index (χ4n) is 1.98. The molecule has 2 atom stereocenters. The molecule has 26 heavy (non-hydrogen) atoms. The number of ketones is 1. The number of carbonyl (C=O) groups excluding carboxylic acids is 2. The summed E-state index contributed by atoms with van der Waals surface area (Å²) in [5, 5.41) is 19.6. The van der Waals surface area contributed by atoms with E-state index >= 15 is 0 Å². The first kappa shape index (κ1) is 20.8. The topological polar surface area (TPSA) is 156 Å². The number of benzene rings is 1. The van der Waals surface area contributed by atoms with Crippen molar-refractivity contribution in [3.8, 4) is 5.75 Å². The van der Waals surface area contributed by atoms with Crippen LogP contribution in [-0.4, -0.2) is 52.5 Å². The smallest absolute Gasteiger partial charge is 0.341 e. The van der Waals surface area contributed by atoms with Crippen molar-refractivity contribution in [1.82, 2.24) is 5.32 Å². The quantitative estimate of drug-likeness (QED) is 0.453. The van der Waals surface area contributed by atoms with E-state index in [1.54, 1.807) is 12.1 Å². The molecule has 0 aliphatic rings. The molecule has 0 radical (unpaired) electrons. The molecule has 5 N–H and O–H groups in total. The van der Waals surface area contributed by atoms with Gasteiger partial charge in [-0.05, 0) is 30.2 Å². The van der Waals surface area contributed by atoms with E-state index in [1.165, 1.54) is 19.1 Å². The van der Waals surface area contributed by atoms with Gasteiger partial charge in [-0.2, -0.15) is 0 Å². The largest absolute Gasteiger partial charge is 0.482 e. The average Bonchev–Trinajstić information content (AvgIpc) is 2.57. The molecule has 9 heteroatoms. The summed E-state index contributed by atoms with van der Waals surface area (Å²) in [5.74, 6) is -3.25. The number of carboxylic acid groups (broad SMARTS) is 2. The number of Topliss-reactive ketones (excluding diaryl/α,β-unsaturated/α-hetero) is 1. The van der Waals surface area contributed by atoms with E-state index in [0.29, 0.717) is 11.3 Å². The zero-order chi connectivity index (χ0) is 19.9. The van der Waals surface area contributed by atoms with Gasteiger partial charge in [0.05, 0.1) is 12.5 Å². The van der Waals surface area contributed by atoms with Crippen molar-refractivity contribution in [3.05, 3.63) is 36.4 Å². The number of ether oxygens (including phenoxy) is 1. The highest BCUT2D eigenvalue weighted by molar-refractivity contribution is 5.98. The van der Waals surface area contributed by atoms with Gasteiger partial charge in [0.25, 0.3) is 0 Å². The predicted molar refractivity (Wildman–Crippen MR) is 91.4 cm³/mol. The lowest BCUT2D eigenvalue weighted by atomic mass is 9.99. The Kier molecular flexibility index (Phi) is 7.48. The van der Waals surface area contributed by atoms with Gasteiger partial charge >= 0.3 is 11.9 Å². The van der Waals surface area contributed by atoms with E-state index in [-0.39, 0.29) is 5.57 Å². The second kappa shape index (κ2) is 9.33. The molecule has 0 saturated carbocycles. The minimum Gasteiger partial charge on any atom is -0.482 e. The van der Waals surface area contributed by atoms with Gasteiger partial charge in [-0.3, -0.25) is 14.4 Å². The lowest BCUT2D eigenvalue weighted by Gasteiger charge is -2.19. The van der Waals surface area contributed by atoms with Crippen molar-refractivity contribution in [2.45, 2.75) is 25.4 Å². The van der Waals surface area contributed by atoms with Crippen LogP contribution in [0.2, 0.25) is 0 Å². The van der Waals surface area contributed by atoms with Crippen LogP contribution in [0.3, 0.4) is 0 Å². The molecule has 1 aromatic carbocycles. The van der Waals surface area contributed by atoms with Gasteiger partial charge in [-0.15, -0.1) is 0 Å². The molecule has 9 nitrogen and oxygen atoms in total. The molecule has 1 rings (SSSR count). The number of nitrogens with one attached hydrogen (secondary N) is 1. The Balaban J connectivity index is 2.75. The zero-order valence-corrected chi connectivity index (χ0v) is 14.1. The predicted octanol–water partition coefficient (Wildman–Crippen LogP) is 0.0390. The minimum absolute atomic E-state index is 0.241. The first-order valence-electron chi connectivity index (χ1n) is 7.53. The number of amides is 1. The van der Waals surface area contributed by atoms with Crippen molar-refractivity contribution in [3.63, 3.8) is 0 Å². The van der Waals surface area contributed by atoms with E-state index in [1.807, 2.05) is 0 Å². The zero-order valence-electron chi connectivity index (χ0n) is 14.1. The number of carbonyl (C=O) groups is 4. The van der Waals surface area contributed by atoms with Gasteiger partial charge in [0, 0.05) is 0 Å². The Morgan fingerprint density at radius 3 is 2.19 bits per heavy atom. The van der Waals surface area contributed by atoms with Crippen LogP contribution in [-0.2, 0) is 19.2 Å². The molecular weight excluding hydrogens is 344 g/mol. The highest BCUT2D eigenvalue weighted by atomic mass is 16.5. The maximum atomic E-state index is 12.2. The second-order valence-corrected chi connectivity index (χ2v) is 5.48. The molecule has 140 valence electrons. The van der Waals surface area contributed by atoms with Gasteiger partial charge in [0.2, 0.25) is 5.91 Å². The van der Waals surface area contributed by atoms with Gasteiger partial charge in [0.15, 0.2) is 12.4 Å². The first-order chi connectivity index (χ1) is 12.1. The van der Waals surface area contributed by atoms with Gasteiger partial charge in [-0.25, -0.2) is 4.79 Å². The Morgan fingerprint density at radius 1 is 1.15 bits per heavy atom. The monoisotopic (exact) mass is 364 g/mol. The van der Waals surface area contributed by atoms with Crippen molar-refractivity contribution < 1.29 is 34.1 Å². The summed E-state index contributed by atoms with van der Waals surface area (Å²) < 4.78 is 4.99. The number of aliphatic carboxylic acids is 2. The molecule has 0 aliphatic heterocycles. The summed E-state index contributed by atoms with van der Waals surface area (Å²) in [5.41, 5.74) is 6.58. The van der Waals surface area contributed by atoms with Crippen LogP contribution in [0.15, 0.2) is 30.8 Å². The molecule has 1 amide bonds. The van der Waals surface area contributed by atoms with Crippen molar-refractivity contribution in [1.29, 1.82) is 0 Å². The SMILES string of the molecule is C=C(c1ccc(OCC(=O)O)cc1)[C@H](N)C(=O)N[C@@H](CC(=O)O)C(C)=O. The number of rotatable bonds is 10. The third kappa shape index (κ3) is 6.36. The van der Waals surface area contributed by atoms with Crippen molar-refractivity contribution in [2.75, 3.05) is 6.61 Å². The Morgan fingerprint density at radius 2 is 1.73 bits per heavy atom. The standard InChI is InChI=1S/C17H20N2O7/c1-9(11-3-5-12(6-4-11)26-8-15(23)24)16(18)17(25)19-13(10(2)20)7-14(21)22/h3-6,13,16H,1,7-8,18H2,2H3,(H,19,25)(H,21,22)(H,23,24)/t13-,16-/m0/s1. The lowest BCUT2D eigenvalue weighted by molar-refractivity contribution is -0.140. The third-order valence-corrected chi connectivity index (χ3v) is 3.43.